The topological polar surface area (TPSA) is 52.6 Å². The lowest BCUT2D eigenvalue weighted by Crippen LogP contribution is -2.58. The van der Waals surface area contributed by atoms with Crippen molar-refractivity contribution in [2.45, 2.75) is 19.2 Å². The molecule has 1 fully saturated rings. The second kappa shape index (κ2) is 4.63. The smallest absolute Gasteiger partial charge is 0.254 e. The highest BCUT2D eigenvalue weighted by Crippen LogP contribution is 2.12. The molecule has 1 aliphatic heterocycles. The Labute approximate surface area is 94.9 Å². The summed E-state index contributed by atoms with van der Waals surface area (Å²) in [5.41, 5.74) is 0.670. The maximum atomic E-state index is 12.1. The van der Waals surface area contributed by atoms with Gasteiger partial charge >= 0.3 is 0 Å². The van der Waals surface area contributed by atoms with Crippen LogP contribution in [0.5, 0.6) is 0 Å². The summed E-state index contributed by atoms with van der Waals surface area (Å²) in [6.07, 6.45) is -0.638. The van der Waals surface area contributed by atoms with Gasteiger partial charge in [0.05, 0.1) is 6.04 Å². The first-order chi connectivity index (χ1) is 7.70. The standard InChI is InChI=1S/C12H16N2O2/c1-9-11(15)13-7-8-14(9)12(16)10-5-3-2-4-6-10/h2-6,9,11,13,15H,7-8H2,1H3. The zero-order valence-corrected chi connectivity index (χ0v) is 9.26. The predicted molar refractivity (Wildman–Crippen MR) is 61.0 cm³/mol. The molecule has 2 atom stereocenters. The lowest BCUT2D eigenvalue weighted by molar-refractivity contribution is 0.00785. The minimum absolute atomic E-state index is 0.0198. The average molecular weight is 220 g/mol. The fraction of sp³-hybridized carbons (Fsp3) is 0.417. The first-order valence-corrected chi connectivity index (χ1v) is 5.47. The Bertz CT molecular complexity index is 367. The van der Waals surface area contributed by atoms with Crippen LogP contribution in [0.2, 0.25) is 0 Å². The number of rotatable bonds is 1. The molecule has 1 amide bonds. The van der Waals surface area contributed by atoms with Gasteiger partial charge in [-0.05, 0) is 19.1 Å². The molecule has 0 saturated carbocycles. The van der Waals surface area contributed by atoms with E-state index in [0.29, 0.717) is 18.7 Å². The Hall–Kier alpha value is -1.39. The van der Waals surface area contributed by atoms with Crippen LogP contribution >= 0.6 is 0 Å². The fourth-order valence-corrected chi connectivity index (χ4v) is 1.91. The van der Waals surface area contributed by atoms with Gasteiger partial charge in [0.2, 0.25) is 0 Å². The van der Waals surface area contributed by atoms with E-state index >= 15 is 0 Å². The van der Waals surface area contributed by atoms with Gasteiger partial charge in [0.1, 0.15) is 6.23 Å². The molecule has 86 valence electrons. The van der Waals surface area contributed by atoms with E-state index in [2.05, 4.69) is 5.32 Å². The van der Waals surface area contributed by atoms with Crippen molar-refractivity contribution in [1.29, 1.82) is 0 Å². The van der Waals surface area contributed by atoms with Gasteiger partial charge in [-0.1, -0.05) is 18.2 Å². The highest BCUT2D eigenvalue weighted by Gasteiger charge is 2.29. The van der Waals surface area contributed by atoms with Gasteiger partial charge in [0.25, 0.3) is 5.91 Å². The van der Waals surface area contributed by atoms with Crippen molar-refractivity contribution in [3.63, 3.8) is 0 Å². The second-order valence-corrected chi connectivity index (χ2v) is 4.00. The molecule has 2 unspecified atom stereocenters. The first kappa shape index (κ1) is 11.1. The normalized spacial score (nSPS) is 25.5. The number of hydrogen-bond donors (Lipinski definition) is 2. The summed E-state index contributed by atoms with van der Waals surface area (Å²) in [7, 11) is 0. The summed E-state index contributed by atoms with van der Waals surface area (Å²) in [6.45, 7) is 3.10. The molecule has 16 heavy (non-hydrogen) atoms. The summed E-state index contributed by atoms with van der Waals surface area (Å²) in [4.78, 5) is 13.8. The summed E-state index contributed by atoms with van der Waals surface area (Å²) < 4.78 is 0. The molecular weight excluding hydrogens is 204 g/mol. The minimum Gasteiger partial charge on any atom is -0.376 e. The molecule has 1 aliphatic rings. The third-order valence-electron chi connectivity index (χ3n) is 2.94. The number of hydrogen-bond acceptors (Lipinski definition) is 3. The van der Waals surface area contributed by atoms with Crippen molar-refractivity contribution in [3.05, 3.63) is 35.9 Å². The van der Waals surface area contributed by atoms with Crippen molar-refractivity contribution < 1.29 is 9.90 Å². The Balaban J connectivity index is 2.15. The molecule has 0 bridgehead atoms. The number of carbonyl (C=O) groups is 1. The van der Waals surface area contributed by atoms with Gasteiger partial charge in [-0.3, -0.25) is 10.1 Å². The van der Waals surface area contributed by atoms with E-state index in [1.807, 2.05) is 25.1 Å². The van der Waals surface area contributed by atoms with Gasteiger partial charge in [-0.15, -0.1) is 0 Å². The van der Waals surface area contributed by atoms with E-state index in [4.69, 9.17) is 0 Å². The summed E-state index contributed by atoms with van der Waals surface area (Å²) in [5.74, 6) is -0.0198. The molecule has 1 aromatic rings. The van der Waals surface area contributed by atoms with Crippen molar-refractivity contribution in [2.75, 3.05) is 13.1 Å². The van der Waals surface area contributed by atoms with E-state index in [1.165, 1.54) is 0 Å². The van der Waals surface area contributed by atoms with Crippen LogP contribution in [0.4, 0.5) is 0 Å². The van der Waals surface area contributed by atoms with Crippen LogP contribution in [0.3, 0.4) is 0 Å². The van der Waals surface area contributed by atoms with Crippen LogP contribution in [0, 0.1) is 0 Å². The quantitative estimate of drug-likeness (QED) is 0.722. The molecule has 0 radical (unpaired) electrons. The van der Waals surface area contributed by atoms with Gasteiger partial charge < -0.3 is 10.0 Å². The van der Waals surface area contributed by atoms with Crippen molar-refractivity contribution >= 4 is 5.91 Å². The number of aliphatic hydroxyl groups excluding tert-OH is 1. The SMILES string of the molecule is CC1C(O)NCCN1C(=O)c1ccccc1. The van der Waals surface area contributed by atoms with Gasteiger partial charge in [-0.2, -0.15) is 0 Å². The molecule has 1 saturated heterocycles. The third kappa shape index (κ3) is 2.08. The van der Waals surface area contributed by atoms with E-state index in [1.54, 1.807) is 17.0 Å². The molecule has 1 heterocycles. The lowest BCUT2D eigenvalue weighted by Gasteiger charge is -2.37. The number of piperazine rings is 1. The molecule has 2 N–H and O–H groups in total. The van der Waals surface area contributed by atoms with Crippen LogP contribution in [-0.4, -0.2) is 41.3 Å². The van der Waals surface area contributed by atoms with Crippen molar-refractivity contribution in [2.24, 2.45) is 0 Å². The average Bonchev–Trinajstić information content (AvgIpc) is 2.33. The molecule has 0 aliphatic carbocycles. The van der Waals surface area contributed by atoms with Crippen LogP contribution < -0.4 is 5.32 Å². The summed E-state index contributed by atoms with van der Waals surface area (Å²) >= 11 is 0. The third-order valence-corrected chi connectivity index (χ3v) is 2.94. The Morgan fingerprint density at radius 2 is 2.12 bits per heavy atom. The largest absolute Gasteiger partial charge is 0.376 e. The molecule has 1 aromatic carbocycles. The number of carbonyl (C=O) groups excluding carboxylic acids is 1. The molecule has 0 aromatic heterocycles. The van der Waals surface area contributed by atoms with Gasteiger partial charge in [0, 0.05) is 18.7 Å². The van der Waals surface area contributed by atoms with E-state index in [9.17, 15) is 9.90 Å². The first-order valence-electron chi connectivity index (χ1n) is 5.47. The van der Waals surface area contributed by atoms with Crippen molar-refractivity contribution in [1.82, 2.24) is 10.2 Å². The maximum absolute atomic E-state index is 12.1. The van der Waals surface area contributed by atoms with E-state index in [0.717, 1.165) is 0 Å². The molecule has 0 spiro atoms. The predicted octanol–water partition coefficient (Wildman–Crippen LogP) is 0.439. The van der Waals surface area contributed by atoms with Crippen LogP contribution in [0.15, 0.2) is 30.3 Å². The van der Waals surface area contributed by atoms with Crippen LogP contribution in [0.1, 0.15) is 17.3 Å². The lowest BCUT2D eigenvalue weighted by atomic mass is 10.1. The number of aliphatic hydroxyl groups is 1. The van der Waals surface area contributed by atoms with E-state index < -0.39 is 6.23 Å². The highest BCUT2D eigenvalue weighted by atomic mass is 16.3. The number of nitrogens with zero attached hydrogens (tertiary/aromatic N) is 1. The minimum atomic E-state index is -0.638. The number of nitrogens with one attached hydrogen (secondary N) is 1. The second-order valence-electron chi connectivity index (χ2n) is 4.00. The van der Waals surface area contributed by atoms with Crippen LogP contribution in [-0.2, 0) is 0 Å². The Kier molecular flexibility index (Phi) is 3.22. The maximum Gasteiger partial charge on any atom is 0.254 e. The highest BCUT2D eigenvalue weighted by molar-refractivity contribution is 5.94. The molecule has 4 nitrogen and oxygen atoms in total. The fourth-order valence-electron chi connectivity index (χ4n) is 1.91. The summed E-state index contributed by atoms with van der Waals surface area (Å²) in [5, 5.41) is 12.6. The van der Waals surface area contributed by atoms with Crippen LogP contribution in [0.25, 0.3) is 0 Å². The Morgan fingerprint density at radius 3 is 2.81 bits per heavy atom. The van der Waals surface area contributed by atoms with Crippen molar-refractivity contribution in [3.8, 4) is 0 Å². The molecule has 4 heteroatoms. The zero-order valence-electron chi connectivity index (χ0n) is 9.26. The molecular formula is C12H16N2O2. The number of benzene rings is 1. The van der Waals surface area contributed by atoms with Gasteiger partial charge in [-0.25, -0.2) is 0 Å². The van der Waals surface area contributed by atoms with E-state index in [-0.39, 0.29) is 11.9 Å². The Morgan fingerprint density at radius 1 is 1.44 bits per heavy atom. The monoisotopic (exact) mass is 220 g/mol. The summed E-state index contributed by atoms with van der Waals surface area (Å²) in [6, 6.07) is 8.97. The zero-order chi connectivity index (χ0) is 11.5. The molecule has 2 rings (SSSR count). The van der Waals surface area contributed by atoms with Gasteiger partial charge in [0.15, 0.2) is 0 Å². The number of amides is 1.